The normalized spacial score (nSPS) is 36.8. The second-order valence-electron chi connectivity index (χ2n) is 6.61. The standard InChI is InChI=1S/C13H27N3/c1-12(2)5-4-7-16(10-12)13(9-14)6-8-15(3)11-13/h4-11,14H2,1-3H3. The average Bonchev–Trinajstić information content (AvgIpc) is 2.60. The molecule has 2 heterocycles. The molecule has 0 aromatic heterocycles. The van der Waals surface area contributed by atoms with Gasteiger partial charge in [0.25, 0.3) is 0 Å². The number of hydrogen-bond acceptors (Lipinski definition) is 3. The quantitative estimate of drug-likeness (QED) is 0.765. The minimum absolute atomic E-state index is 0.270. The van der Waals surface area contributed by atoms with Crippen molar-refractivity contribution >= 4 is 0 Å². The first kappa shape index (κ1) is 12.3. The van der Waals surface area contributed by atoms with Crippen molar-refractivity contribution in [3.05, 3.63) is 0 Å². The number of likely N-dealkylation sites (N-methyl/N-ethyl adjacent to an activating group) is 1. The molecule has 0 saturated carbocycles. The molecule has 2 aliphatic heterocycles. The molecule has 0 bridgehead atoms. The molecule has 3 nitrogen and oxygen atoms in total. The van der Waals surface area contributed by atoms with E-state index in [1.165, 1.54) is 38.9 Å². The first-order valence-corrected chi connectivity index (χ1v) is 6.61. The maximum absolute atomic E-state index is 6.08. The van der Waals surface area contributed by atoms with Crippen molar-refractivity contribution in [2.24, 2.45) is 11.1 Å². The van der Waals surface area contributed by atoms with Crippen LogP contribution in [0.5, 0.6) is 0 Å². The number of nitrogens with two attached hydrogens (primary N) is 1. The molecule has 2 aliphatic rings. The van der Waals surface area contributed by atoms with E-state index >= 15 is 0 Å². The first-order valence-electron chi connectivity index (χ1n) is 6.61. The fourth-order valence-electron chi connectivity index (χ4n) is 3.44. The molecule has 2 fully saturated rings. The Morgan fingerprint density at radius 3 is 2.38 bits per heavy atom. The van der Waals surface area contributed by atoms with Crippen molar-refractivity contribution in [3.8, 4) is 0 Å². The van der Waals surface area contributed by atoms with Crippen molar-refractivity contribution in [3.63, 3.8) is 0 Å². The average molecular weight is 225 g/mol. The van der Waals surface area contributed by atoms with Gasteiger partial charge in [0, 0.05) is 25.2 Å². The van der Waals surface area contributed by atoms with Gasteiger partial charge in [-0.25, -0.2) is 0 Å². The van der Waals surface area contributed by atoms with Crippen LogP contribution >= 0.6 is 0 Å². The minimum Gasteiger partial charge on any atom is -0.329 e. The third-order valence-corrected chi connectivity index (χ3v) is 4.47. The Labute approximate surface area is 100.0 Å². The van der Waals surface area contributed by atoms with Crippen molar-refractivity contribution in [1.82, 2.24) is 9.80 Å². The van der Waals surface area contributed by atoms with E-state index in [4.69, 9.17) is 5.73 Å². The van der Waals surface area contributed by atoms with Gasteiger partial charge in [0.2, 0.25) is 0 Å². The zero-order valence-corrected chi connectivity index (χ0v) is 11.1. The number of rotatable bonds is 2. The van der Waals surface area contributed by atoms with E-state index in [1.54, 1.807) is 0 Å². The van der Waals surface area contributed by atoms with Crippen LogP contribution in [0.2, 0.25) is 0 Å². The second kappa shape index (κ2) is 4.28. The van der Waals surface area contributed by atoms with Crippen LogP contribution in [0.25, 0.3) is 0 Å². The number of piperidine rings is 1. The largest absolute Gasteiger partial charge is 0.329 e. The second-order valence-corrected chi connectivity index (χ2v) is 6.61. The monoisotopic (exact) mass is 225 g/mol. The zero-order valence-electron chi connectivity index (χ0n) is 11.1. The van der Waals surface area contributed by atoms with Gasteiger partial charge in [0.1, 0.15) is 0 Å². The Hall–Kier alpha value is -0.120. The van der Waals surface area contributed by atoms with Crippen LogP contribution in [-0.4, -0.2) is 55.1 Å². The number of likely N-dealkylation sites (tertiary alicyclic amines) is 2. The van der Waals surface area contributed by atoms with Gasteiger partial charge in [-0.15, -0.1) is 0 Å². The molecule has 16 heavy (non-hydrogen) atoms. The van der Waals surface area contributed by atoms with E-state index in [1.807, 2.05) is 0 Å². The summed E-state index contributed by atoms with van der Waals surface area (Å²) in [6.07, 6.45) is 3.94. The Balaban J connectivity index is 2.09. The van der Waals surface area contributed by atoms with E-state index in [-0.39, 0.29) is 5.54 Å². The molecular formula is C13H27N3. The Morgan fingerprint density at radius 2 is 1.88 bits per heavy atom. The van der Waals surface area contributed by atoms with Gasteiger partial charge in [0.05, 0.1) is 0 Å². The fourth-order valence-corrected chi connectivity index (χ4v) is 3.44. The highest BCUT2D eigenvalue weighted by atomic mass is 15.3. The molecular weight excluding hydrogens is 198 g/mol. The summed E-state index contributed by atoms with van der Waals surface area (Å²) in [5.74, 6) is 0. The molecule has 2 rings (SSSR count). The lowest BCUT2D eigenvalue weighted by molar-refractivity contribution is 0.0243. The van der Waals surface area contributed by atoms with E-state index in [0.29, 0.717) is 5.41 Å². The molecule has 2 saturated heterocycles. The van der Waals surface area contributed by atoms with Crippen molar-refractivity contribution in [2.75, 3.05) is 39.8 Å². The highest BCUT2D eigenvalue weighted by molar-refractivity contribution is 5.01. The SMILES string of the molecule is CN1CCC(CN)(N2CCCC(C)(C)C2)C1. The summed E-state index contributed by atoms with van der Waals surface area (Å²) in [5, 5.41) is 0. The van der Waals surface area contributed by atoms with Gasteiger partial charge in [0.15, 0.2) is 0 Å². The Kier molecular flexibility index (Phi) is 3.30. The molecule has 0 aromatic rings. The summed E-state index contributed by atoms with van der Waals surface area (Å²) in [7, 11) is 2.21. The van der Waals surface area contributed by atoms with E-state index in [0.717, 1.165) is 13.1 Å². The van der Waals surface area contributed by atoms with E-state index < -0.39 is 0 Å². The minimum atomic E-state index is 0.270. The first-order chi connectivity index (χ1) is 7.47. The summed E-state index contributed by atoms with van der Waals surface area (Å²) < 4.78 is 0. The Bertz CT molecular complexity index is 252. The van der Waals surface area contributed by atoms with Gasteiger partial charge in [-0.3, -0.25) is 4.90 Å². The smallest absolute Gasteiger partial charge is 0.0470 e. The van der Waals surface area contributed by atoms with Gasteiger partial charge in [-0.2, -0.15) is 0 Å². The van der Waals surface area contributed by atoms with Crippen LogP contribution in [0.3, 0.4) is 0 Å². The van der Waals surface area contributed by atoms with Gasteiger partial charge >= 0.3 is 0 Å². The predicted octanol–water partition coefficient (Wildman–Crippen LogP) is 1.14. The predicted molar refractivity (Wildman–Crippen MR) is 68.5 cm³/mol. The highest BCUT2D eigenvalue weighted by Crippen LogP contribution is 2.35. The van der Waals surface area contributed by atoms with Crippen LogP contribution in [0.4, 0.5) is 0 Å². The lowest BCUT2D eigenvalue weighted by Gasteiger charge is -2.48. The third-order valence-electron chi connectivity index (χ3n) is 4.47. The lowest BCUT2D eigenvalue weighted by Crippen LogP contribution is -2.59. The molecule has 0 aliphatic carbocycles. The third kappa shape index (κ3) is 2.27. The summed E-state index contributed by atoms with van der Waals surface area (Å²) in [4.78, 5) is 5.11. The van der Waals surface area contributed by atoms with Crippen molar-refractivity contribution in [2.45, 2.75) is 38.6 Å². The van der Waals surface area contributed by atoms with Crippen LogP contribution in [0.15, 0.2) is 0 Å². The number of hydrogen-bond donors (Lipinski definition) is 1. The molecule has 0 spiro atoms. The molecule has 94 valence electrons. The zero-order chi connectivity index (χ0) is 11.8. The maximum atomic E-state index is 6.08. The molecule has 0 aromatic carbocycles. The molecule has 1 atom stereocenters. The van der Waals surface area contributed by atoms with Crippen molar-refractivity contribution < 1.29 is 0 Å². The fraction of sp³-hybridized carbons (Fsp3) is 1.00. The molecule has 1 unspecified atom stereocenters. The molecule has 2 N–H and O–H groups in total. The lowest BCUT2D eigenvalue weighted by atomic mass is 9.81. The van der Waals surface area contributed by atoms with E-state index in [2.05, 4.69) is 30.7 Å². The van der Waals surface area contributed by atoms with Gasteiger partial charge < -0.3 is 10.6 Å². The van der Waals surface area contributed by atoms with Crippen molar-refractivity contribution in [1.29, 1.82) is 0 Å². The summed E-state index contributed by atoms with van der Waals surface area (Å²) in [5.41, 5.74) is 6.83. The van der Waals surface area contributed by atoms with Gasteiger partial charge in [-0.1, -0.05) is 13.8 Å². The van der Waals surface area contributed by atoms with Crippen LogP contribution in [0, 0.1) is 5.41 Å². The highest BCUT2D eigenvalue weighted by Gasteiger charge is 2.43. The number of nitrogens with zero attached hydrogens (tertiary/aromatic N) is 2. The van der Waals surface area contributed by atoms with Gasteiger partial charge in [-0.05, 0) is 44.8 Å². The summed E-state index contributed by atoms with van der Waals surface area (Å²) in [6, 6.07) is 0. The summed E-state index contributed by atoms with van der Waals surface area (Å²) in [6.45, 7) is 10.4. The molecule has 0 radical (unpaired) electrons. The summed E-state index contributed by atoms with van der Waals surface area (Å²) >= 11 is 0. The maximum Gasteiger partial charge on any atom is 0.0470 e. The van der Waals surface area contributed by atoms with E-state index in [9.17, 15) is 0 Å². The Morgan fingerprint density at radius 1 is 1.12 bits per heavy atom. The molecule has 3 heteroatoms. The topological polar surface area (TPSA) is 32.5 Å². The molecule has 0 amide bonds. The van der Waals surface area contributed by atoms with Crippen LogP contribution in [0.1, 0.15) is 33.1 Å². The van der Waals surface area contributed by atoms with Crippen LogP contribution < -0.4 is 5.73 Å². The van der Waals surface area contributed by atoms with Crippen LogP contribution in [-0.2, 0) is 0 Å².